The number of carbonyl (C=O) groups is 1. The van der Waals surface area contributed by atoms with Crippen molar-refractivity contribution in [2.24, 2.45) is 0 Å². The summed E-state index contributed by atoms with van der Waals surface area (Å²) in [6.45, 7) is 5.21. The smallest absolute Gasteiger partial charge is 0.277 e. The maximum atomic E-state index is 14.5. The van der Waals surface area contributed by atoms with Gasteiger partial charge < -0.3 is 18.8 Å². The third-order valence-electron chi connectivity index (χ3n) is 4.88. The maximum absolute atomic E-state index is 14.5. The number of carbonyl (C=O) groups excluding carboxylic acids is 1. The minimum atomic E-state index is -0.963. The van der Waals surface area contributed by atoms with Gasteiger partial charge in [-0.05, 0) is 20.8 Å². The summed E-state index contributed by atoms with van der Waals surface area (Å²) < 4.78 is 33.9. The van der Waals surface area contributed by atoms with Crippen LogP contribution in [0.25, 0.3) is 11.0 Å². The summed E-state index contributed by atoms with van der Waals surface area (Å²) in [7, 11) is 2.86. The quantitative estimate of drug-likeness (QED) is 0.742. The van der Waals surface area contributed by atoms with Crippen molar-refractivity contribution in [3.63, 3.8) is 0 Å². The highest BCUT2D eigenvalue weighted by molar-refractivity contribution is 5.81. The second-order valence-corrected chi connectivity index (χ2v) is 7.07. The minimum absolute atomic E-state index is 0.305. The molecule has 10 heteroatoms. The van der Waals surface area contributed by atoms with Gasteiger partial charge in [0.2, 0.25) is 0 Å². The summed E-state index contributed by atoms with van der Waals surface area (Å²) in [5, 5.41) is 1.37. The average molecular weight is 380 g/mol. The largest absolute Gasteiger partial charge is 0.341 e. The molecule has 146 valence electrons. The second kappa shape index (κ2) is 6.20. The van der Waals surface area contributed by atoms with E-state index >= 15 is 0 Å². The Morgan fingerprint density at radius 1 is 1.33 bits per heavy atom. The number of fused-ring (bicyclic) bond motifs is 2. The third-order valence-corrected chi connectivity index (χ3v) is 4.88. The molecule has 27 heavy (non-hydrogen) atoms. The van der Waals surface area contributed by atoms with Gasteiger partial charge in [-0.2, -0.15) is 0 Å². The zero-order chi connectivity index (χ0) is 19.5. The van der Waals surface area contributed by atoms with Gasteiger partial charge in [0.15, 0.2) is 23.9 Å². The Kier molecular flexibility index (Phi) is 4.18. The van der Waals surface area contributed by atoms with Gasteiger partial charge >= 0.3 is 0 Å². The summed E-state index contributed by atoms with van der Waals surface area (Å²) in [5.74, 6) is -1.79. The first kappa shape index (κ1) is 18.2. The lowest BCUT2D eigenvalue weighted by Crippen LogP contribution is -2.43. The lowest BCUT2D eigenvalue weighted by molar-refractivity contribution is -0.211. The lowest BCUT2D eigenvalue weighted by atomic mass is 10.1. The molecule has 0 saturated carbocycles. The molecule has 4 heterocycles. The van der Waals surface area contributed by atoms with Crippen LogP contribution < -0.4 is 0 Å². The van der Waals surface area contributed by atoms with Crippen LogP contribution in [0.3, 0.4) is 0 Å². The van der Waals surface area contributed by atoms with E-state index < -0.39 is 42.1 Å². The van der Waals surface area contributed by atoms with E-state index in [4.69, 9.17) is 19.0 Å². The Labute approximate surface area is 154 Å². The molecular weight excluding hydrogens is 359 g/mol. The molecule has 2 aliphatic heterocycles. The Morgan fingerprint density at radius 3 is 2.74 bits per heavy atom. The molecule has 2 fully saturated rings. The average Bonchev–Trinajstić information content (AvgIpc) is 3.22. The fourth-order valence-electron chi connectivity index (χ4n) is 3.65. The molecule has 4 atom stereocenters. The van der Waals surface area contributed by atoms with Crippen molar-refractivity contribution >= 4 is 16.9 Å². The molecular formula is C17H21FN4O5. The van der Waals surface area contributed by atoms with Crippen molar-refractivity contribution in [2.75, 3.05) is 14.2 Å². The molecule has 0 bridgehead atoms. The van der Waals surface area contributed by atoms with Gasteiger partial charge in [0.1, 0.15) is 24.2 Å². The first-order valence-electron chi connectivity index (χ1n) is 8.54. The number of hydrogen-bond donors (Lipinski definition) is 0. The summed E-state index contributed by atoms with van der Waals surface area (Å²) >= 11 is 0. The molecule has 0 radical (unpaired) electrons. The number of ether oxygens (including phenoxy) is 3. The number of aryl methyl sites for hydroxylation is 1. The number of amides is 1. The number of rotatable bonds is 3. The number of hydroxylamine groups is 2. The SMILES string of the molecule is CON(C)C(=O)[C@H]1O[C@@H](n2cc(F)c3c(C)ncnc32)[C@@H]2OC(C)(C)O[C@@H]21. The van der Waals surface area contributed by atoms with Crippen molar-refractivity contribution in [3.8, 4) is 0 Å². The van der Waals surface area contributed by atoms with E-state index in [2.05, 4.69) is 9.97 Å². The van der Waals surface area contributed by atoms with Crippen LogP contribution in [0.4, 0.5) is 4.39 Å². The fraction of sp³-hybridized carbons (Fsp3) is 0.588. The Balaban J connectivity index is 1.77. The van der Waals surface area contributed by atoms with Gasteiger partial charge in [-0.15, -0.1) is 0 Å². The zero-order valence-electron chi connectivity index (χ0n) is 15.7. The molecule has 0 N–H and O–H groups in total. The van der Waals surface area contributed by atoms with E-state index in [0.29, 0.717) is 16.7 Å². The molecule has 2 saturated heterocycles. The molecule has 2 aromatic heterocycles. The van der Waals surface area contributed by atoms with Gasteiger partial charge in [0.25, 0.3) is 5.91 Å². The molecule has 0 aliphatic carbocycles. The van der Waals surface area contributed by atoms with E-state index in [1.54, 1.807) is 20.8 Å². The maximum Gasteiger partial charge on any atom is 0.277 e. The molecule has 2 aromatic rings. The van der Waals surface area contributed by atoms with Crippen molar-refractivity contribution in [2.45, 2.75) is 51.1 Å². The van der Waals surface area contributed by atoms with Crippen LogP contribution >= 0.6 is 0 Å². The molecule has 0 aromatic carbocycles. The lowest BCUT2D eigenvalue weighted by Gasteiger charge is -2.25. The summed E-state index contributed by atoms with van der Waals surface area (Å²) in [4.78, 5) is 25.9. The molecule has 4 rings (SSSR count). The molecule has 2 aliphatic rings. The third kappa shape index (κ3) is 2.80. The van der Waals surface area contributed by atoms with E-state index in [1.165, 1.54) is 31.2 Å². The van der Waals surface area contributed by atoms with Gasteiger partial charge in [0.05, 0.1) is 18.2 Å². The fourth-order valence-corrected chi connectivity index (χ4v) is 3.65. The summed E-state index contributed by atoms with van der Waals surface area (Å²) in [6.07, 6.45) is -0.400. The number of hydrogen-bond acceptors (Lipinski definition) is 7. The number of aromatic nitrogens is 3. The van der Waals surface area contributed by atoms with E-state index in [9.17, 15) is 9.18 Å². The Bertz CT molecular complexity index is 901. The highest BCUT2D eigenvalue weighted by atomic mass is 19.1. The number of nitrogens with zero attached hydrogens (tertiary/aromatic N) is 4. The van der Waals surface area contributed by atoms with Crippen molar-refractivity contribution in [3.05, 3.63) is 24.0 Å². The van der Waals surface area contributed by atoms with Crippen LogP contribution in [-0.4, -0.2) is 63.8 Å². The Hall–Kier alpha value is -2.14. The minimum Gasteiger partial charge on any atom is -0.341 e. The number of halogens is 1. The van der Waals surface area contributed by atoms with Crippen LogP contribution in [0, 0.1) is 12.7 Å². The summed E-state index contributed by atoms with van der Waals surface area (Å²) in [5.41, 5.74) is 0.881. The van der Waals surface area contributed by atoms with Gasteiger partial charge in [0, 0.05) is 13.2 Å². The predicted molar refractivity (Wildman–Crippen MR) is 89.7 cm³/mol. The Morgan fingerprint density at radius 2 is 2.04 bits per heavy atom. The topological polar surface area (TPSA) is 87.9 Å². The first-order chi connectivity index (χ1) is 12.7. The molecule has 0 unspecified atom stereocenters. The normalized spacial score (nSPS) is 29.3. The first-order valence-corrected chi connectivity index (χ1v) is 8.54. The molecule has 9 nitrogen and oxygen atoms in total. The predicted octanol–water partition coefficient (Wildman–Crippen LogP) is 1.32. The van der Waals surface area contributed by atoms with Gasteiger partial charge in [-0.3, -0.25) is 9.63 Å². The number of likely N-dealkylation sites (N-methyl/N-ethyl adjacent to an activating group) is 1. The standard InChI is InChI=1S/C17H21FN4O5/c1-8-10-9(18)6-22(14(10)20-7-19-8)16-13-11(26-17(2,3)27-13)12(25-16)15(23)21(4)24-5/h6-7,11-13,16H,1-5H3/t11-,12+,13-,16-/m1/s1. The van der Waals surface area contributed by atoms with E-state index in [0.717, 1.165) is 5.06 Å². The van der Waals surface area contributed by atoms with Gasteiger partial charge in [-0.1, -0.05) is 0 Å². The zero-order valence-corrected chi connectivity index (χ0v) is 15.7. The second-order valence-electron chi connectivity index (χ2n) is 7.07. The van der Waals surface area contributed by atoms with Crippen LogP contribution in [-0.2, 0) is 23.8 Å². The van der Waals surface area contributed by atoms with Crippen molar-refractivity contribution in [1.29, 1.82) is 0 Å². The van der Waals surface area contributed by atoms with Crippen molar-refractivity contribution in [1.82, 2.24) is 19.6 Å². The van der Waals surface area contributed by atoms with E-state index in [-0.39, 0.29) is 0 Å². The van der Waals surface area contributed by atoms with Crippen LogP contribution in [0.15, 0.2) is 12.5 Å². The molecule has 0 spiro atoms. The van der Waals surface area contributed by atoms with Crippen LogP contribution in [0.2, 0.25) is 0 Å². The highest BCUT2D eigenvalue weighted by Crippen LogP contribution is 2.44. The van der Waals surface area contributed by atoms with E-state index in [1.807, 2.05) is 0 Å². The van der Waals surface area contributed by atoms with Crippen LogP contribution in [0.1, 0.15) is 25.8 Å². The summed E-state index contributed by atoms with van der Waals surface area (Å²) in [6, 6.07) is 0. The highest BCUT2D eigenvalue weighted by Gasteiger charge is 2.59. The molecule has 1 amide bonds. The monoisotopic (exact) mass is 380 g/mol. The van der Waals surface area contributed by atoms with Crippen molar-refractivity contribution < 1.29 is 28.2 Å². The van der Waals surface area contributed by atoms with Crippen LogP contribution in [0.5, 0.6) is 0 Å². The van der Waals surface area contributed by atoms with Gasteiger partial charge in [-0.25, -0.2) is 19.4 Å².